The third-order valence-corrected chi connectivity index (χ3v) is 4.23. The lowest BCUT2D eigenvalue weighted by Crippen LogP contribution is -2.44. The molecule has 1 aromatic carbocycles. The molecule has 5 nitrogen and oxygen atoms in total. The zero-order valence-electron chi connectivity index (χ0n) is 14.1. The molecule has 0 spiro atoms. The standard InChI is InChI=1S/C18H20FN3O2S/c1-3-10-20-17(24)12(2)21-16(23)9-8-15-11-25-18(22-15)13-4-6-14(19)7-5-13/h4-9,11-12H,3,10H2,1-2H3,(H,20,24)(H,21,23). The molecule has 1 atom stereocenters. The van der Waals surface area contributed by atoms with E-state index in [0.29, 0.717) is 12.2 Å². The lowest BCUT2D eigenvalue weighted by Gasteiger charge is -2.12. The van der Waals surface area contributed by atoms with Gasteiger partial charge in [-0.1, -0.05) is 6.92 Å². The summed E-state index contributed by atoms with van der Waals surface area (Å²) in [6.07, 6.45) is 3.76. The number of aromatic nitrogens is 1. The molecule has 0 aliphatic heterocycles. The van der Waals surface area contributed by atoms with E-state index in [1.807, 2.05) is 6.92 Å². The van der Waals surface area contributed by atoms with Crippen LogP contribution in [0.25, 0.3) is 16.6 Å². The van der Waals surface area contributed by atoms with Crippen molar-refractivity contribution in [3.8, 4) is 10.6 Å². The highest BCUT2D eigenvalue weighted by Crippen LogP contribution is 2.24. The van der Waals surface area contributed by atoms with Crippen LogP contribution >= 0.6 is 11.3 Å². The molecule has 0 bridgehead atoms. The van der Waals surface area contributed by atoms with E-state index in [2.05, 4.69) is 15.6 Å². The molecule has 25 heavy (non-hydrogen) atoms. The molecule has 0 radical (unpaired) electrons. The molecule has 0 saturated carbocycles. The van der Waals surface area contributed by atoms with Gasteiger partial charge in [0.1, 0.15) is 16.9 Å². The van der Waals surface area contributed by atoms with Crippen LogP contribution in [-0.2, 0) is 9.59 Å². The van der Waals surface area contributed by atoms with Crippen LogP contribution in [0.3, 0.4) is 0 Å². The Kier molecular flexibility index (Phi) is 6.82. The van der Waals surface area contributed by atoms with Crippen molar-refractivity contribution in [3.05, 3.63) is 47.2 Å². The summed E-state index contributed by atoms with van der Waals surface area (Å²) in [6.45, 7) is 4.17. The Morgan fingerprint density at radius 3 is 2.72 bits per heavy atom. The van der Waals surface area contributed by atoms with Gasteiger partial charge in [0.25, 0.3) is 0 Å². The molecule has 0 fully saturated rings. The van der Waals surface area contributed by atoms with Gasteiger partial charge < -0.3 is 10.6 Å². The number of carbonyl (C=O) groups is 2. The number of nitrogens with zero attached hydrogens (tertiary/aromatic N) is 1. The second-order valence-corrected chi connectivity index (χ2v) is 6.30. The highest BCUT2D eigenvalue weighted by atomic mass is 32.1. The summed E-state index contributed by atoms with van der Waals surface area (Å²) in [6, 6.07) is 5.47. The van der Waals surface area contributed by atoms with E-state index in [0.717, 1.165) is 17.0 Å². The Labute approximate surface area is 150 Å². The van der Waals surface area contributed by atoms with Crippen LogP contribution < -0.4 is 10.6 Å². The van der Waals surface area contributed by atoms with Crippen LogP contribution in [0.1, 0.15) is 26.0 Å². The molecule has 1 unspecified atom stereocenters. The second-order valence-electron chi connectivity index (χ2n) is 5.44. The van der Waals surface area contributed by atoms with Gasteiger partial charge in [0.2, 0.25) is 11.8 Å². The van der Waals surface area contributed by atoms with Crippen molar-refractivity contribution in [2.24, 2.45) is 0 Å². The minimum Gasteiger partial charge on any atom is -0.354 e. The predicted molar refractivity (Wildman–Crippen MR) is 97.4 cm³/mol. The third-order valence-electron chi connectivity index (χ3n) is 3.32. The van der Waals surface area contributed by atoms with E-state index >= 15 is 0 Å². The van der Waals surface area contributed by atoms with Gasteiger partial charge in [-0.25, -0.2) is 9.37 Å². The first kappa shape index (κ1) is 18.8. The van der Waals surface area contributed by atoms with Crippen LogP contribution in [0.15, 0.2) is 35.7 Å². The molecule has 1 aromatic heterocycles. The average molecular weight is 361 g/mol. The van der Waals surface area contributed by atoms with Gasteiger partial charge in [0.05, 0.1) is 5.69 Å². The van der Waals surface area contributed by atoms with Crippen LogP contribution in [-0.4, -0.2) is 29.4 Å². The van der Waals surface area contributed by atoms with Gasteiger partial charge in [-0.15, -0.1) is 11.3 Å². The van der Waals surface area contributed by atoms with Crippen molar-refractivity contribution in [1.82, 2.24) is 15.6 Å². The molecule has 7 heteroatoms. The fraction of sp³-hybridized carbons (Fsp3) is 0.278. The molecule has 0 saturated heterocycles. The quantitative estimate of drug-likeness (QED) is 0.745. The molecule has 2 amide bonds. The molecular weight excluding hydrogens is 341 g/mol. The van der Waals surface area contributed by atoms with Crippen LogP contribution in [0.5, 0.6) is 0 Å². The maximum atomic E-state index is 12.9. The Morgan fingerprint density at radius 1 is 1.32 bits per heavy atom. The number of hydrogen-bond donors (Lipinski definition) is 2. The average Bonchev–Trinajstić information content (AvgIpc) is 3.07. The van der Waals surface area contributed by atoms with Crippen molar-refractivity contribution < 1.29 is 14.0 Å². The number of nitrogens with one attached hydrogen (secondary N) is 2. The zero-order chi connectivity index (χ0) is 18.2. The summed E-state index contributed by atoms with van der Waals surface area (Å²) in [5, 5.41) is 7.87. The summed E-state index contributed by atoms with van der Waals surface area (Å²) >= 11 is 1.41. The van der Waals surface area contributed by atoms with Crippen molar-refractivity contribution in [2.45, 2.75) is 26.3 Å². The first-order chi connectivity index (χ1) is 12.0. The Balaban J connectivity index is 1.92. The monoisotopic (exact) mass is 361 g/mol. The molecule has 0 aliphatic carbocycles. The van der Waals surface area contributed by atoms with Crippen molar-refractivity contribution in [3.63, 3.8) is 0 Å². The Hall–Kier alpha value is -2.54. The maximum Gasteiger partial charge on any atom is 0.244 e. The van der Waals surface area contributed by atoms with E-state index in [9.17, 15) is 14.0 Å². The lowest BCUT2D eigenvalue weighted by molar-refractivity contribution is -0.126. The summed E-state index contributed by atoms with van der Waals surface area (Å²) < 4.78 is 12.9. The first-order valence-corrected chi connectivity index (χ1v) is 8.85. The molecular formula is C18H20FN3O2S. The molecule has 2 rings (SSSR count). The van der Waals surface area contributed by atoms with E-state index in [-0.39, 0.29) is 17.6 Å². The number of halogens is 1. The second kappa shape index (κ2) is 9.08. The zero-order valence-corrected chi connectivity index (χ0v) is 14.9. The fourth-order valence-electron chi connectivity index (χ4n) is 1.98. The summed E-state index contributed by atoms with van der Waals surface area (Å²) in [5.74, 6) is -0.875. The van der Waals surface area contributed by atoms with Gasteiger partial charge in [-0.3, -0.25) is 9.59 Å². The van der Waals surface area contributed by atoms with Crippen molar-refractivity contribution in [2.75, 3.05) is 6.54 Å². The Bertz CT molecular complexity index is 756. The van der Waals surface area contributed by atoms with E-state index in [4.69, 9.17) is 0 Å². The maximum absolute atomic E-state index is 12.9. The minimum absolute atomic E-state index is 0.212. The molecule has 132 valence electrons. The van der Waals surface area contributed by atoms with Gasteiger partial charge in [-0.2, -0.15) is 0 Å². The van der Waals surface area contributed by atoms with E-state index in [1.165, 1.54) is 29.5 Å². The fourth-order valence-corrected chi connectivity index (χ4v) is 2.77. The Morgan fingerprint density at radius 2 is 2.04 bits per heavy atom. The minimum atomic E-state index is -0.603. The lowest BCUT2D eigenvalue weighted by atomic mass is 10.2. The number of rotatable bonds is 7. The smallest absolute Gasteiger partial charge is 0.244 e. The van der Waals surface area contributed by atoms with Crippen molar-refractivity contribution >= 4 is 29.2 Å². The van der Waals surface area contributed by atoms with Crippen LogP contribution in [0.2, 0.25) is 0 Å². The van der Waals surface area contributed by atoms with Crippen LogP contribution in [0, 0.1) is 5.82 Å². The molecule has 2 N–H and O–H groups in total. The van der Waals surface area contributed by atoms with Crippen LogP contribution in [0.4, 0.5) is 4.39 Å². The number of hydrogen-bond acceptors (Lipinski definition) is 4. The molecule has 0 aliphatic rings. The van der Waals surface area contributed by atoms with E-state index in [1.54, 1.807) is 30.5 Å². The summed E-state index contributed by atoms with van der Waals surface area (Å²) in [7, 11) is 0. The predicted octanol–water partition coefficient (Wildman–Crippen LogP) is 2.99. The summed E-state index contributed by atoms with van der Waals surface area (Å²) in [5.41, 5.74) is 1.44. The van der Waals surface area contributed by atoms with E-state index < -0.39 is 6.04 Å². The largest absolute Gasteiger partial charge is 0.354 e. The normalized spacial score (nSPS) is 12.1. The third kappa shape index (κ3) is 5.79. The number of thiazole rings is 1. The van der Waals surface area contributed by atoms with Gasteiger partial charge in [0, 0.05) is 23.6 Å². The molecule has 2 aromatic rings. The van der Waals surface area contributed by atoms with Gasteiger partial charge in [0.15, 0.2) is 0 Å². The number of carbonyl (C=O) groups excluding carboxylic acids is 2. The highest BCUT2D eigenvalue weighted by Gasteiger charge is 2.13. The number of benzene rings is 1. The summed E-state index contributed by atoms with van der Waals surface area (Å²) in [4.78, 5) is 28.0. The van der Waals surface area contributed by atoms with Gasteiger partial charge >= 0.3 is 0 Å². The van der Waals surface area contributed by atoms with Crippen molar-refractivity contribution in [1.29, 1.82) is 0 Å². The highest BCUT2D eigenvalue weighted by molar-refractivity contribution is 7.13. The first-order valence-electron chi connectivity index (χ1n) is 7.97. The topological polar surface area (TPSA) is 71.1 Å². The SMILES string of the molecule is CCCNC(=O)C(C)NC(=O)C=Cc1csc(-c2ccc(F)cc2)n1. The van der Waals surface area contributed by atoms with Gasteiger partial charge in [-0.05, 0) is 43.7 Å². The number of amides is 2. The molecule has 1 heterocycles.